The number of hydrogen-bond acceptors (Lipinski definition) is 15. The van der Waals surface area contributed by atoms with E-state index < -0.39 is 94.6 Å². The van der Waals surface area contributed by atoms with E-state index in [4.69, 9.17) is 48.6 Å². The first-order valence-corrected chi connectivity index (χ1v) is 28.7. The molecule has 9 aromatic rings. The Bertz CT molecular complexity index is 3940. The van der Waals surface area contributed by atoms with Crippen LogP contribution in [0.15, 0.2) is 127 Å². The number of ketones is 3. The molecule has 470 valence electrons. The van der Waals surface area contributed by atoms with Crippen molar-refractivity contribution in [2.45, 2.75) is 81.8 Å². The van der Waals surface area contributed by atoms with Gasteiger partial charge < -0.3 is 79.5 Å². The summed E-state index contributed by atoms with van der Waals surface area (Å²) < 4.78 is 16.2. The Morgan fingerprint density at radius 1 is 0.396 bits per heavy atom. The van der Waals surface area contributed by atoms with E-state index in [1.54, 1.807) is 148 Å². The highest BCUT2D eigenvalue weighted by molar-refractivity contribution is 6.20. The van der Waals surface area contributed by atoms with Crippen LogP contribution in [0.25, 0.3) is 32.7 Å². The molecule has 6 aromatic carbocycles. The van der Waals surface area contributed by atoms with Crippen molar-refractivity contribution in [3.8, 4) is 17.2 Å². The largest absolute Gasteiger partial charge is 0.497 e. The van der Waals surface area contributed by atoms with Gasteiger partial charge in [0, 0.05) is 92.0 Å². The number of nitrogens with two attached hydrogens (primary N) is 6. The van der Waals surface area contributed by atoms with Gasteiger partial charge in [-0.2, -0.15) is 0 Å². The highest BCUT2D eigenvalue weighted by Gasteiger charge is 2.46. The average molecular weight is 1240 g/mol. The number of aromatic amines is 3. The highest BCUT2D eigenvalue weighted by Crippen LogP contribution is 2.37. The Labute approximate surface area is 521 Å². The van der Waals surface area contributed by atoms with Crippen LogP contribution in [0.3, 0.4) is 0 Å². The standard InChI is InChI=1S/C67H70N12O12/c1-34-46(49-25-43(89-4)19-22-52(49)74-34)28-55(80)65(71,31-58(68)83)62(86)77-40-13-7-37(8-14-40)61(38-9-15-41(16-10-38)78-63(87)66(72,32-59(69)84)56(81)29-47-35(2)75-53-23-20-44(90-5)26-50(47)53)39-11-17-42(18-12-39)79-64(88)67(73,33-60(70)85)57(82)30-48-36(3)76-54-24-21-45(91-6)27-51(48)54/h7-27,61,74-76H,28-33,71-73H2,1-6H3,(H2,68,83)(H2,69,84)(H2,70,85)(H,77,86)(H,78,87)(H,79,88)/t65-,66-,67-/m1/s1. The van der Waals surface area contributed by atoms with E-state index in [1.165, 1.54) is 21.3 Å². The van der Waals surface area contributed by atoms with E-state index >= 15 is 0 Å². The van der Waals surface area contributed by atoms with Crippen molar-refractivity contribution in [3.63, 3.8) is 0 Å². The second-order valence-corrected chi connectivity index (χ2v) is 22.7. The summed E-state index contributed by atoms with van der Waals surface area (Å²) in [5, 5.41) is 10.1. The summed E-state index contributed by atoms with van der Waals surface area (Å²) in [6.07, 6.45) is -3.41. The molecule has 0 aliphatic heterocycles. The highest BCUT2D eigenvalue weighted by atomic mass is 16.5. The second-order valence-electron chi connectivity index (χ2n) is 22.7. The quantitative estimate of drug-likeness (QED) is 0.0232. The Morgan fingerprint density at radius 2 is 0.637 bits per heavy atom. The Kier molecular flexibility index (Phi) is 18.4. The monoisotopic (exact) mass is 1230 g/mol. The fraction of sp³-hybridized carbons (Fsp3) is 0.239. The van der Waals surface area contributed by atoms with Gasteiger partial charge in [-0.1, -0.05) is 36.4 Å². The van der Waals surface area contributed by atoms with Gasteiger partial charge in [-0.05, 0) is 145 Å². The number of anilines is 3. The lowest BCUT2D eigenvalue weighted by Gasteiger charge is -2.26. The van der Waals surface area contributed by atoms with E-state index in [0.717, 1.165) is 0 Å². The fourth-order valence-corrected chi connectivity index (χ4v) is 11.4. The number of carbonyl (C=O) groups is 9. The molecule has 0 radical (unpaired) electrons. The maximum Gasteiger partial charge on any atom is 0.252 e. The molecule has 0 bridgehead atoms. The summed E-state index contributed by atoms with van der Waals surface area (Å²) in [6, 6.07) is 35.4. The van der Waals surface area contributed by atoms with Gasteiger partial charge in [0.25, 0.3) is 17.7 Å². The zero-order chi connectivity index (χ0) is 65.9. The average Bonchev–Trinajstić information content (AvgIpc) is 1.80. The summed E-state index contributed by atoms with van der Waals surface area (Å²) in [5.41, 5.74) is 37.5. The zero-order valence-electron chi connectivity index (χ0n) is 50.8. The number of H-pyrrole nitrogens is 3. The first-order chi connectivity index (χ1) is 43.2. The minimum absolute atomic E-state index is 0.189. The maximum atomic E-state index is 14.2. The van der Waals surface area contributed by atoms with Crippen LogP contribution in [-0.2, 0) is 62.4 Å². The van der Waals surface area contributed by atoms with Crippen molar-refractivity contribution in [3.05, 3.63) is 178 Å². The molecule has 3 heterocycles. The van der Waals surface area contributed by atoms with Crippen molar-refractivity contribution in [1.29, 1.82) is 0 Å². The number of amides is 6. The number of hydrogen-bond donors (Lipinski definition) is 12. The van der Waals surface area contributed by atoms with Crippen LogP contribution in [0.2, 0.25) is 0 Å². The van der Waals surface area contributed by atoms with Crippen molar-refractivity contribution in [2.75, 3.05) is 37.3 Å². The minimum Gasteiger partial charge on any atom is -0.497 e. The lowest BCUT2D eigenvalue weighted by molar-refractivity contribution is -0.137. The number of primary amides is 3. The van der Waals surface area contributed by atoms with E-state index in [2.05, 4.69) is 30.9 Å². The van der Waals surface area contributed by atoms with E-state index in [-0.39, 0.29) is 36.3 Å². The second kappa shape index (κ2) is 26.0. The molecular formula is C67H70N12O12. The molecule has 0 fully saturated rings. The third-order valence-corrected chi connectivity index (χ3v) is 16.6. The molecule has 0 saturated carbocycles. The molecule has 0 aliphatic carbocycles. The Morgan fingerprint density at radius 3 is 0.857 bits per heavy atom. The van der Waals surface area contributed by atoms with Crippen LogP contribution in [-0.4, -0.2) is 106 Å². The summed E-state index contributed by atoms with van der Waals surface area (Å²) >= 11 is 0. The maximum absolute atomic E-state index is 14.2. The summed E-state index contributed by atoms with van der Waals surface area (Å²) in [4.78, 5) is 132. The molecule has 91 heavy (non-hydrogen) atoms. The molecule has 0 saturated heterocycles. The molecule has 3 atom stereocenters. The minimum atomic E-state index is -2.40. The lowest BCUT2D eigenvalue weighted by atomic mass is 9.84. The number of aromatic nitrogens is 3. The van der Waals surface area contributed by atoms with Crippen LogP contribution in [0, 0.1) is 20.8 Å². The molecule has 24 heteroatoms. The molecular weight excluding hydrogens is 1160 g/mol. The molecule has 0 aliphatic rings. The molecule has 24 nitrogen and oxygen atoms in total. The number of Topliss-reactive ketones (excluding diaryl/α,β-unsaturated/α-hetero) is 3. The molecule has 18 N–H and O–H groups in total. The number of benzene rings is 6. The van der Waals surface area contributed by atoms with Crippen LogP contribution < -0.4 is 64.6 Å². The number of ether oxygens (including phenoxy) is 3. The van der Waals surface area contributed by atoms with Gasteiger partial charge in [0.05, 0.1) is 40.6 Å². The van der Waals surface area contributed by atoms with Gasteiger partial charge >= 0.3 is 0 Å². The lowest BCUT2D eigenvalue weighted by Crippen LogP contribution is -2.59. The van der Waals surface area contributed by atoms with Crippen LogP contribution in [0.1, 0.15) is 75.6 Å². The van der Waals surface area contributed by atoms with Crippen molar-refractivity contribution < 1.29 is 57.4 Å². The van der Waals surface area contributed by atoms with Gasteiger partial charge in [0.1, 0.15) is 17.2 Å². The topological polar surface area (TPSA) is 421 Å². The molecule has 3 aromatic heterocycles. The summed E-state index contributed by atoms with van der Waals surface area (Å²) in [5.74, 6) is -7.35. The normalized spacial score (nSPS) is 13.4. The van der Waals surface area contributed by atoms with Gasteiger partial charge in [0.15, 0.2) is 34.0 Å². The van der Waals surface area contributed by atoms with Gasteiger partial charge in [0.2, 0.25) is 17.7 Å². The molecule has 0 unspecified atom stereocenters. The predicted molar refractivity (Wildman–Crippen MR) is 343 cm³/mol. The third-order valence-electron chi connectivity index (χ3n) is 16.6. The smallest absolute Gasteiger partial charge is 0.252 e. The molecule has 9 rings (SSSR count). The SMILES string of the molecule is COc1ccc2[nH]c(C)c(CC(=O)[C@](N)(CC(N)=O)C(=O)Nc3ccc(C(c4ccc(NC(=O)[C@@](N)(CC(N)=O)C(=O)Cc5c(C)[nH]c6ccc(OC)cc56)cc4)c4ccc(NC(=O)[C@@](N)(CC(N)=O)C(=O)Cc5c(C)[nH]c6ccc(OC)cc56)cc4)cc3)c2c1. The van der Waals surface area contributed by atoms with Crippen molar-refractivity contribution >= 4 is 103 Å². The van der Waals surface area contributed by atoms with Crippen LogP contribution in [0.5, 0.6) is 17.2 Å². The van der Waals surface area contributed by atoms with Crippen molar-refractivity contribution in [1.82, 2.24) is 15.0 Å². The van der Waals surface area contributed by atoms with Gasteiger partial charge in [-0.15, -0.1) is 0 Å². The van der Waals surface area contributed by atoms with Gasteiger partial charge in [-0.3, -0.25) is 43.2 Å². The number of fused-ring (bicyclic) bond motifs is 3. The first-order valence-electron chi connectivity index (χ1n) is 28.7. The first kappa shape index (κ1) is 64.5. The molecule has 6 amide bonds. The zero-order valence-corrected chi connectivity index (χ0v) is 50.8. The fourth-order valence-electron chi connectivity index (χ4n) is 11.4. The van der Waals surface area contributed by atoms with E-state index in [0.29, 0.717) is 100 Å². The number of nitrogens with one attached hydrogen (secondary N) is 6. The third kappa shape index (κ3) is 13.4. The van der Waals surface area contributed by atoms with Crippen LogP contribution in [0.4, 0.5) is 17.1 Å². The number of methoxy groups -OCH3 is 3. The number of carbonyl (C=O) groups excluding carboxylic acids is 9. The Hall–Kier alpha value is -11.0. The number of rotatable bonds is 27. The van der Waals surface area contributed by atoms with Gasteiger partial charge in [-0.25, -0.2) is 0 Å². The van der Waals surface area contributed by atoms with Crippen LogP contribution >= 0.6 is 0 Å². The molecule has 0 spiro atoms. The Balaban J connectivity index is 1.00. The summed E-state index contributed by atoms with van der Waals surface area (Å²) in [6.45, 7) is 5.30. The predicted octanol–water partition coefficient (Wildman–Crippen LogP) is 5.23. The van der Waals surface area contributed by atoms with E-state index in [1.807, 2.05) is 0 Å². The number of aryl methyl sites for hydroxylation is 3. The van der Waals surface area contributed by atoms with Crippen molar-refractivity contribution in [2.24, 2.45) is 34.4 Å². The summed E-state index contributed by atoms with van der Waals surface area (Å²) in [7, 11) is 4.52. The van der Waals surface area contributed by atoms with E-state index in [9.17, 15) is 43.2 Å².